The molecule has 0 bridgehead atoms. The highest BCUT2D eigenvalue weighted by Crippen LogP contribution is 2.57. The van der Waals surface area contributed by atoms with Gasteiger partial charge in [0.1, 0.15) is 23.7 Å². The highest BCUT2D eigenvalue weighted by molar-refractivity contribution is 5.89. The fourth-order valence-corrected chi connectivity index (χ4v) is 12.7. The summed E-state index contributed by atoms with van der Waals surface area (Å²) in [7, 11) is 2.64. The average Bonchev–Trinajstić information content (AvgIpc) is 3.78. The van der Waals surface area contributed by atoms with Gasteiger partial charge < -0.3 is 39.9 Å². The number of ether oxygens (including phenoxy) is 2. The number of carbonyl (C=O) groups is 4. The minimum Gasteiger partial charge on any atom is -0.453 e. The molecule has 4 N–H and O–H groups in total. The number of likely N-dealkylation sites (tertiary alicyclic amines) is 2. The maximum absolute atomic E-state index is 14.1. The van der Waals surface area contributed by atoms with E-state index in [9.17, 15) is 19.2 Å². The predicted molar refractivity (Wildman–Crippen MR) is 254 cm³/mol. The summed E-state index contributed by atoms with van der Waals surface area (Å²) in [5, 5.41) is 5.56. The van der Waals surface area contributed by atoms with Crippen molar-refractivity contribution in [3.63, 3.8) is 0 Å². The van der Waals surface area contributed by atoms with Crippen molar-refractivity contribution in [1.82, 2.24) is 40.4 Å². The molecule has 0 radical (unpaired) electrons. The lowest BCUT2D eigenvalue weighted by atomic mass is 9.76. The molecule has 6 aliphatic rings. The zero-order valence-corrected chi connectivity index (χ0v) is 39.4. The standard InChI is InChI=1S/C53H62N8O6/c1-27(2)45(58-51(64)66-5)49(62)60-40-22-32(40)24-42(60)47-54-26-39(57-47)30-11-9-29(10-12-30)35-15-14-34(36-17-20-53(44(35)36)18-7-8-19-53)31-13-16-37-38(21-31)56-48(55-37)43-25-33-23-41(33)61(43)50(63)46(28(3)4)59-52(65)67-6/h9-16,21,26-28,32-33,40-43,45-46H,7-8,17-20,22-25H2,1-6H3,(H,54,57)(H,55,56)(H,58,64)(H,59,65)/t32?,33?,40?,41?,42-,43-,45-,46-/m0/s1. The number of piperidine rings is 2. The number of fused-ring (bicyclic) bond motifs is 5. The van der Waals surface area contributed by atoms with Gasteiger partial charge in [-0.3, -0.25) is 9.59 Å². The molecule has 4 aliphatic carbocycles. The van der Waals surface area contributed by atoms with Crippen LogP contribution in [0.15, 0.2) is 60.8 Å². The second kappa shape index (κ2) is 16.6. The maximum atomic E-state index is 14.1. The lowest BCUT2D eigenvalue weighted by Gasteiger charge is -2.31. The number of amides is 4. The van der Waals surface area contributed by atoms with Crippen LogP contribution in [-0.4, -0.2) is 92.1 Å². The number of aromatic amines is 2. The Morgan fingerprint density at radius 1 is 0.687 bits per heavy atom. The molecule has 14 nitrogen and oxygen atoms in total. The summed E-state index contributed by atoms with van der Waals surface area (Å²) < 4.78 is 9.71. The van der Waals surface area contributed by atoms with Crippen LogP contribution in [-0.2, 0) is 30.9 Å². The Bertz CT molecular complexity index is 2770. The van der Waals surface area contributed by atoms with E-state index in [0.29, 0.717) is 11.8 Å². The zero-order valence-electron chi connectivity index (χ0n) is 39.4. The van der Waals surface area contributed by atoms with Crippen molar-refractivity contribution in [3.05, 3.63) is 83.6 Å². The van der Waals surface area contributed by atoms with E-state index >= 15 is 0 Å². The van der Waals surface area contributed by atoms with Crippen molar-refractivity contribution >= 4 is 35.0 Å². The number of benzene rings is 3. The number of nitrogens with zero attached hydrogens (tertiary/aromatic N) is 4. The molecule has 2 saturated heterocycles. The van der Waals surface area contributed by atoms with Crippen LogP contribution >= 0.6 is 0 Å². The van der Waals surface area contributed by atoms with Gasteiger partial charge in [0.2, 0.25) is 11.8 Å². The summed E-state index contributed by atoms with van der Waals surface area (Å²) in [6, 6.07) is 18.7. The van der Waals surface area contributed by atoms with Crippen LogP contribution in [0.4, 0.5) is 9.59 Å². The van der Waals surface area contributed by atoms with Gasteiger partial charge in [0.15, 0.2) is 0 Å². The van der Waals surface area contributed by atoms with Gasteiger partial charge in [0, 0.05) is 12.1 Å². The molecule has 4 amide bonds. The third-order valence-corrected chi connectivity index (χ3v) is 16.3. The molecule has 14 heteroatoms. The van der Waals surface area contributed by atoms with Crippen molar-refractivity contribution in [3.8, 4) is 33.5 Å². The van der Waals surface area contributed by atoms with Crippen molar-refractivity contribution in [2.45, 2.75) is 134 Å². The SMILES string of the molecule is COC(=O)N[C@H](C(=O)N1C2CC2C[C@H]1c1ncc(-c2ccc(-c3ccc(-c4ccc5nc([C@@H]6CC7CC7N6C(=O)[C@@H](NC(=O)OC)C(C)C)[nH]c5c4)c4c3C3(CCCC3)CC4)cc2)[nH]1)C(C)C. The average molecular weight is 907 g/mol. The molecular formula is C53H62N8O6. The number of imidazole rings is 2. The number of hydrogen-bond donors (Lipinski definition) is 4. The molecule has 1 spiro atoms. The second-order valence-corrected chi connectivity index (χ2v) is 21.0. The van der Waals surface area contributed by atoms with Crippen molar-refractivity contribution < 1.29 is 28.7 Å². The number of hydrogen-bond acceptors (Lipinski definition) is 8. The lowest BCUT2D eigenvalue weighted by molar-refractivity contribution is -0.137. The van der Waals surface area contributed by atoms with Crippen molar-refractivity contribution in [2.24, 2.45) is 23.7 Å². The second-order valence-electron chi connectivity index (χ2n) is 21.0. The van der Waals surface area contributed by atoms with Crippen molar-refractivity contribution in [2.75, 3.05) is 14.2 Å². The van der Waals surface area contributed by atoms with Crippen LogP contribution in [0.2, 0.25) is 0 Å². The monoisotopic (exact) mass is 906 g/mol. The number of alkyl carbamates (subject to hydrolysis) is 2. The molecular weight excluding hydrogens is 845 g/mol. The summed E-state index contributed by atoms with van der Waals surface area (Å²) in [6.45, 7) is 7.76. The minimum absolute atomic E-state index is 0.0805. The molecule has 8 atom stereocenters. The molecule has 350 valence electrons. The summed E-state index contributed by atoms with van der Waals surface area (Å²) >= 11 is 0. The fourth-order valence-electron chi connectivity index (χ4n) is 12.7. The maximum Gasteiger partial charge on any atom is 0.407 e. The van der Waals surface area contributed by atoms with Crippen LogP contribution in [0.3, 0.4) is 0 Å². The number of H-pyrrole nitrogens is 2. The Labute approximate surface area is 391 Å². The smallest absolute Gasteiger partial charge is 0.407 e. The van der Waals surface area contributed by atoms with Crippen LogP contribution in [0.25, 0.3) is 44.5 Å². The molecule has 5 fully saturated rings. The van der Waals surface area contributed by atoms with Gasteiger partial charge in [-0.15, -0.1) is 0 Å². The molecule has 5 aromatic rings. The van der Waals surface area contributed by atoms with E-state index in [0.717, 1.165) is 78.0 Å². The molecule has 2 aliphatic heterocycles. The molecule has 67 heavy (non-hydrogen) atoms. The molecule has 2 aromatic heterocycles. The summed E-state index contributed by atoms with van der Waals surface area (Å²) in [4.78, 5) is 73.5. The van der Waals surface area contributed by atoms with Crippen LogP contribution in [0, 0.1) is 23.7 Å². The third kappa shape index (κ3) is 7.45. The minimum atomic E-state index is -0.678. The number of nitrogens with one attached hydrogen (secondary N) is 4. The van der Waals surface area contributed by atoms with E-state index < -0.39 is 24.3 Å². The number of methoxy groups -OCH3 is 2. The Morgan fingerprint density at radius 3 is 1.85 bits per heavy atom. The quantitative estimate of drug-likeness (QED) is 0.102. The van der Waals surface area contributed by atoms with Gasteiger partial charge in [0.25, 0.3) is 0 Å². The first-order valence-electron chi connectivity index (χ1n) is 24.5. The predicted octanol–water partition coefficient (Wildman–Crippen LogP) is 9.13. The molecule has 11 rings (SSSR count). The van der Waals surface area contributed by atoms with Gasteiger partial charge in [-0.1, -0.05) is 83.0 Å². The molecule has 4 unspecified atom stereocenters. The Morgan fingerprint density at radius 2 is 1.25 bits per heavy atom. The van der Waals surface area contributed by atoms with E-state index in [1.807, 2.05) is 43.7 Å². The molecule has 3 aromatic carbocycles. The third-order valence-electron chi connectivity index (χ3n) is 16.3. The van der Waals surface area contributed by atoms with Crippen LogP contribution < -0.4 is 10.6 Å². The molecule has 4 heterocycles. The van der Waals surface area contributed by atoms with Gasteiger partial charge in [-0.2, -0.15) is 0 Å². The largest absolute Gasteiger partial charge is 0.453 e. The number of carbonyl (C=O) groups excluding carboxylic acids is 4. The molecule has 3 saturated carbocycles. The number of rotatable bonds is 11. The normalized spacial score (nSPS) is 25.0. The van der Waals surface area contributed by atoms with Gasteiger partial charge in [-0.25, -0.2) is 19.6 Å². The Hall–Kier alpha value is -6.18. The Kier molecular flexibility index (Phi) is 10.7. The van der Waals surface area contributed by atoms with E-state index in [4.69, 9.17) is 19.4 Å². The van der Waals surface area contributed by atoms with E-state index in [2.05, 4.69) is 75.2 Å². The summed E-state index contributed by atoms with van der Waals surface area (Å²) in [6.07, 6.45) is 11.5. The van der Waals surface area contributed by atoms with E-state index in [1.165, 1.54) is 67.7 Å². The Balaban J connectivity index is 0.860. The van der Waals surface area contributed by atoms with Gasteiger partial charge in [-0.05, 0) is 132 Å². The first kappa shape index (κ1) is 43.4. The summed E-state index contributed by atoms with van der Waals surface area (Å²) in [5.74, 6) is 2.11. The van der Waals surface area contributed by atoms with Crippen LogP contribution in [0.1, 0.15) is 120 Å². The first-order chi connectivity index (χ1) is 32.4. The van der Waals surface area contributed by atoms with E-state index in [-0.39, 0.29) is 53.2 Å². The first-order valence-corrected chi connectivity index (χ1v) is 24.5. The van der Waals surface area contributed by atoms with Gasteiger partial charge in [0.05, 0.1) is 49.2 Å². The highest BCUT2D eigenvalue weighted by atomic mass is 16.5. The summed E-state index contributed by atoms with van der Waals surface area (Å²) in [5.41, 5.74) is 11.8. The topological polar surface area (TPSA) is 175 Å². The van der Waals surface area contributed by atoms with E-state index in [1.54, 1.807) is 0 Å². The van der Waals surface area contributed by atoms with Gasteiger partial charge >= 0.3 is 12.2 Å². The zero-order chi connectivity index (χ0) is 46.5. The van der Waals surface area contributed by atoms with Crippen LogP contribution in [0.5, 0.6) is 0 Å². The highest BCUT2D eigenvalue weighted by Gasteiger charge is 2.57. The van der Waals surface area contributed by atoms with Crippen molar-refractivity contribution in [1.29, 1.82) is 0 Å². The number of aromatic nitrogens is 4. The lowest BCUT2D eigenvalue weighted by Crippen LogP contribution is -2.52. The fraction of sp³-hybridized carbons (Fsp3) is 0.509.